The van der Waals surface area contributed by atoms with Crippen LogP contribution in [0.1, 0.15) is 44.2 Å². The summed E-state index contributed by atoms with van der Waals surface area (Å²) in [6, 6.07) is 9.17. The van der Waals surface area contributed by atoms with Crippen molar-refractivity contribution in [1.82, 2.24) is 5.32 Å². The predicted octanol–water partition coefficient (Wildman–Crippen LogP) is 3.70. The van der Waals surface area contributed by atoms with Crippen LogP contribution in [-0.2, 0) is 4.79 Å². The van der Waals surface area contributed by atoms with E-state index >= 15 is 0 Å². The van der Waals surface area contributed by atoms with E-state index < -0.39 is 5.97 Å². The van der Waals surface area contributed by atoms with Gasteiger partial charge in [0.1, 0.15) is 0 Å². The standard InChI is InChI=1S/C16H23NO2S/c1-11(12-6-8-15(20-2)9-7-12)17-14-5-3-4-13(10-14)16(18)19/h6-9,11,13-14,17H,3-5,10H2,1-2H3,(H,18,19). The molecule has 2 rings (SSSR count). The number of rotatable bonds is 5. The lowest BCUT2D eigenvalue weighted by atomic mass is 9.85. The second-order valence-electron chi connectivity index (χ2n) is 5.56. The normalized spacial score (nSPS) is 24.3. The Hall–Kier alpha value is -1.00. The fourth-order valence-electron chi connectivity index (χ4n) is 2.91. The maximum Gasteiger partial charge on any atom is 0.306 e. The average Bonchev–Trinajstić information content (AvgIpc) is 2.47. The zero-order chi connectivity index (χ0) is 14.5. The van der Waals surface area contributed by atoms with Crippen molar-refractivity contribution in [2.24, 2.45) is 5.92 Å². The summed E-state index contributed by atoms with van der Waals surface area (Å²) in [6.45, 7) is 2.15. The van der Waals surface area contributed by atoms with E-state index in [2.05, 4.69) is 42.8 Å². The number of hydrogen-bond donors (Lipinski definition) is 2. The molecule has 0 amide bonds. The van der Waals surface area contributed by atoms with Crippen LogP contribution in [0.3, 0.4) is 0 Å². The highest BCUT2D eigenvalue weighted by Gasteiger charge is 2.27. The van der Waals surface area contributed by atoms with Gasteiger partial charge in [0, 0.05) is 17.0 Å². The summed E-state index contributed by atoms with van der Waals surface area (Å²) in [5, 5.41) is 12.7. The predicted molar refractivity (Wildman–Crippen MR) is 83.2 cm³/mol. The fourth-order valence-corrected chi connectivity index (χ4v) is 3.32. The van der Waals surface area contributed by atoms with Crippen LogP contribution in [0.4, 0.5) is 0 Å². The van der Waals surface area contributed by atoms with Crippen molar-refractivity contribution in [3.8, 4) is 0 Å². The van der Waals surface area contributed by atoms with Gasteiger partial charge in [-0.15, -0.1) is 11.8 Å². The lowest BCUT2D eigenvalue weighted by Gasteiger charge is -2.30. The van der Waals surface area contributed by atoms with Crippen LogP contribution in [0.2, 0.25) is 0 Å². The highest BCUT2D eigenvalue weighted by molar-refractivity contribution is 7.98. The molecule has 1 aliphatic carbocycles. The highest BCUT2D eigenvalue weighted by atomic mass is 32.2. The molecule has 3 nitrogen and oxygen atoms in total. The van der Waals surface area contributed by atoms with Crippen LogP contribution in [0.15, 0.2) is 29.2 Å². The molecule has 4 heteroatoms. The van der Waals surface area contributed by atoms with Crippen molar-refractivity contribution in [2.75, 3.05) is 6.26 Å². The molecule has 0 radical (unpaired) electrons. The van der Waals surface area contributed by atoms with Crippen molar-refractivity contribution in [2.45, 2.75) is 49.6 Å². The summed E-state index contributed by atoms with van der Waals surface area (Å²) in [6.07, 6.45) is 5.74. The topological polar surface area (TPSA) is 49.3 Å². The Bertz CT molecular complexity index is 446. The van der Waals surface area contributed by atoms with E-state index in [1.165, 1.54) is 10.5 Å². The zero-order valence-electron chi connectivity index (χ0n) is 12.1. The lowest BCUT2D eigenvalue weighted by molar-refractivity contribution is -0.143. The van der Waals surface area contributed by atoms with Gasteiger partial charge in [-0.25, -0.2) is 0 Å². The second-order valence-corrected chi connectivity index (χ2v) is 6.44. The first-order valence-electron chi connectivity index (χ1n) is 7.23. The summed E-state index contributed by atoms with van der Waals surface area (Å²) in [5.41, 5.74) is 1.26. The Balaban J connectivity index is 1.92. The van der Waals surface area contributed by atoms with Gasteiger partial charge in [-0.1, -0.05) is 18.6 Å². The first-order chi connectivity index (χ1) is 9.60. The molecule has 0 spiro atoms. The van der Waals surface area contributed by atoms with Gasteiger partial charge in [0.25, 0.3) is 0 Å². The van der Waals surface area contributed by atoms with E-state index in [0.717, 1.165) is 25.7 Å². The zero-order valence-corrected chi connectivity index (χ0v) is 13.0. The van der Waals surface area contributed by atoms with Crippen LogP contribution < -0.4 is 5.32 Å². The minimum Gasteiger partial charge on any atom is -0.481 e. The van der Waals surface area contributed by atoms with E-state index in [1.807, 2.05) is 0 Å². The Morgan fingerprint density at radius 2 is 2.05 bits per heavy atom. The van der Waals surface area contributed by atoms with Gasteiger partial charge in [-0.2, -0.15) is 0 Å². The number of hydrogen-bond acceptors (Lipinski definition) is 3. The van der Waals surface area contributed by atoms with Crippen molar-refractivity contribution >= 4 is 17.7 Å². The second kappa shape index (κ2) is 7.14. The molecule has 1 fully saturated rings. The van der Waals surface area contributed by atoms with Crippen LogP contribution in [0.5, 0.6) is 0 Å². The minimum absolute atomic E-state index is 0.174. The molecule has 1 aliphatic rings. The molecular formula is C16H23NO2S. The van der Waals surface area contributed by atoms with Gasteiger partial charge >= 0.3 is 5.97 Å². The summed E-state index contributed by atoms with van der Waals surface area (Å²) in [5.74, 6) is -0.819. The van der Waals surface area contributed by atoms with Gasteiger partial charge in [0.15, 0.2) is 0 Å². The first kappa shape index (κ1) is 15.4. The monoisotopic (exact) mass is 293 g/mol. The molecular weight excluding hydrogens is 270 g/mol. The summed E-state index contributed by atoms with van der Waals surface area (Å²) >= 11 is 1.74. The van der Waals surface area contributed by atoms with E-state index in [4.69, 9.17) is 5.11 Å². The largest absolute Gasteiger partial charge is 0.481 e. The van der Waals surface area contributed by atoms with Crippen molar-refractivity contribution in [1.29, 1.82) is 0 Å². The maximum atomic E-state index is 11.1. The molecule has 1 aromatic carbocycles. The minimum atomic E-state index is -0.645. The Morgan fingerprint density at radius 3 is 2.65 bits per heavy atom. The summed E-state index contributed by atoms with van der Waals surface area (Å²) < 4.78 is 0. The number of benzene rings is 1. The quantitative estimate of drug-likeness (QED) is 0.813. The molecule has 0 aliphatic heterocycles. The lowest BCUT2D eigenvalue weighted by Crippen LogP contribution is -2.37. The summed E-state index contributed by atoms with van der Waals surface area (Å²) in [7, 11) is 0. The maximum absolute atomic E-state index is 11.1. The van der Waals surface area contributed by atoms with Crippen LogP contribution in [0.25, 0.3) is 0 Å². The smallest absolute Gasteiger partial charge is 0.306 e. The van der Waals surface area contributed by atoms with Crippen LogP contribution >= 0.6 is 11.8 Å². The summed E-state index contributed by atoms with van der Waals surface area (Å²) in [4.78, 5) is 12.4. The molecule has 0 bridgehead atoms. The van der Waals surface area contributed by atoms with Crippen molar-refractivity contribution < 1.29 is 9.90 Å². The molecule has 1 aromatic rings. The number of thioether (sulfide) groups is 1. The van der Waals surface area contributed by atoms with Gasteiger partial charge in [-0.3, -0.25) is 4.79 Å². The molecule has 2 N–H and O–H groups in total. The SMILES string of the molecule is CSc1ccc(C(C)NC2CCCC(C(=O)O)C2)cc1. The molecule has 0 heterocycles. The number of carboxylic acids is 1. The number of aliphatic carboxylic acids is 1. The number of nitrogens with one attached hydrogen (secondary N) is 1. The molecule has 0 saturated heterocycles. The third-order valence-electron chi connectivity index (χ3n) is 4.12. The number of carbonyl (C=O) groups is 1. The van der Waals surface area contributed by atoms with Gasteiger partial charge in [0.05, 0.1) is 5.92 Å². The number of carboxylic acid groups (broad SMARTS) is 1. The van der Waals surface area contributed by atoms with E-state index in [-0.39, 0.29) is 12.0 Å². The first-order valence-corrected chi connectivity index (χ1v) is 8.45. The van der Waals surface area contributed by atoms with Gasteiger partial charge in [0.2, 0.25) is 0 Å². The van der Waals surface area contributed by atoms with Gasteiger partial charge < -0.3 is 10.4 Å². The molecule has 1 saturated carbocycles. The molecule has 3 atom stereocenters. The van der Waals surface area contributed by atoms with E-state index in [9.17, 15) is 4.79 Å². The molecule has 110 valence electrons. The van der Waals surface area contributed by atoms with E-state index in [1.54, 1.807) is 11.8 Å². The Kier molecular flexibility index (Phi) is 5.49. The van der Waals surface area contributed by atoms with Crippen molar-refractivity contribution in [3.63, 3.8) is 0 Å². The Labute approximate surface area is 125 Å². The van der Waals surface area contributed by atoms with Crippen molar-refractivity contribution in [3.05, 3.63) is 29.8 Å². The third-order valence-corrected chi connectivity index (χ3v) is 4.87. The Morgan fingerprint density at radius 1 is 1.35 bits per heavy atom. The molecule has 20 heavy (non-hydrogen) atoms. The van der Waals surface area contributed by atoms with Gasteiger partial charge in [-0.05, 0) is 50.1 Å². The fraction of sp³-hybridized carbons (Fsp3) is 0.562. The third kappa shape index (κ3) is 4.00. The molecule has 0 aromatic heterocycles. The molecule has 3 unspecified atom stereocenters. The van der Waals surface area contributed by atoms with Crippen LogP contribution in [0, 0.1) is 5.92 Å². The van der Waals surface area contributed by atoms with Crippen LogP contribution in [-0.4, -0.2) is 23.4 Å². The average molecular weight is 293 g/mol. The van der Waals surface area contributed by atoms with E-state index in [0.29, 0.717) is 6.04 Å². The highest BCUT2D eigenvalue weighted by Crippen LogP contribution is 2.27.